The topological polar surface area (TPSA) is 57.6 Å². The van der Waals surface area contributed by atoms with Gasteiger partial charge in [0, 0.05) is 13.1 Å². The van der Waals surface area contributed by atoms with E-state index in [-0.39, 0.29) is 6.54 Å². The standard InChI is InChI=1S/C8H17NO3S/c1-7(2)13(11,12)9-5-3-4-8(10)6-9/h7-8,10H,3-6H2,1-2H3/t8-/m1/s1. The van der Waals surface area contributed by atoms with Gasteiger partial charge in [0.2, 0.25) is 10.0 Å². The molecule has 0 aromatic carbocycles. The van der Waals surface area contributed by atoms with Crippen LogP contribution in [0.25, 0.3) is 0 Å². The SMILES string of the molecule is CC(C)S(=O)(=O)N1CCC[C@@H](O)C1. The molecule has 0 bridgehead atoms. The fourth-order valence-corrected chi connectivity index (χ4v) is 2.81. The molecule has 1 rings (SSSR count). The third kappa shape index (κ3) is 2.42. The first-order valence-corrected chi connectivity index (χ1v) is 6.12. The summed E-state index contributed by atoms with van der Waals surface area (Å²) in [6.07, 6.45) is 0.985. The highest BCUT2D eigenvalue weighted by Crippen LogP contribution is 2.16. The summed E-state index contributed by atoms with van der Waals surface area (Å²) in [7, 11) is -3.16. The molecule has 0 saturated carbocycles. The minimum absolute atomic E-state index is 0.264. The molecule has 1 saturated heterocycles. The van der Waals surface area contributed by atoms with Crippen molar-refractivity contribution in [2.45, 2.75) is 38.0 Å². The Morgan fingerprint density at radius 2 is 2.08 bits per heavy atom. The Labute approximate surface area is 79.6 Å². The maximum atomic E-state index is 11.6. The lowest BCUT2D eigenvalue weighted by molar-refractivity contribution is 0.107. The van der Waals surface area contributed by atoms with E-state index in [1.165, 1.54) is 4.31 Å². The highest BCUT2D eigenvalue weighted by molar-refractivity contribution is 7.89. The van der Waals surface area contributed by atoms with E-state index in [1.54, 1.807) is 13.8 Å². The van der Waals surface area contributed by atoms with Gasteiger partial charge < -0.3 is 5.11 Å². The maximum Gasteiger partial charge on any atom is 0.216 e. The second-order valence-corrected chi connectivity index (χ2v) is 6.24. The minimum atomic E-state index is -3.16. The van der Waals surface area contributed by atoms with Crippen LogP contribution < -0.4 is 0 Å². The van der Waals surface area contributed by atoms with Gasteiger partial charge in [-0.05, 0) is 26.7 Å². The van der Waals surface area contributed by atoms with Crippen LogP contribution in [0.1, 0.15) is 26.7 Å². The maximum absolute atomic E-state index is 11.6. The van der Waals surface area contributed by atoms with Gasteiger partial charge in [0.05, 0.1) is 11.4 Å². The van der Waals surface area contributed by atoms with E-state index in [9.17, 15) is 13.5 Å². The molecule has 1 fully saturated rings. The van der Waals surface area contributed by atoms with Crippen molar-refractivity contribution >= 4 is 10.0 Å². The molecule has 0 amide bonds. The van der Waals surface area contributed by atoms with Crippen LogP contribution in [0, 0.1) is 0 Å². The van der Waals surface area contributed by atoms with Gasteiger partial charge in [0.25, 0.3) is 0 Å². The zero-order chi connectivity index (χ0) is 10.1. The molecule has 0 unspecified atom stereocenters. The predicted molar refractivity (Wildman–Crippen MR) is 50.9 cm³/mol. The van der Waals surface area contributed by atoms with Gasteiger partial charge in [-0.15, -0.1) is 0 Å². The van der Waals surface area contributed by atoms with E-state index in [0.717, 1.165) is 6.42 Å². The van der Waals surface area contributed by atoms with Crippen LogP contribution in [0.15, 0.2) is 0 Å². The summed E-state index contributed by atoms with van der Waals surface area (Å²) >= 11 is 0. The first-order chi connectivity index (χ1) is 5.94. The lowest BCUT2D eigenvalue weighted by atomic mass is 10.1. The van der Waals surface area contributed by atoms with E-state index in [2.05, 4.69) is 0 Å². The van der Waals surface area contributed by atoms with Crippen LogP contribution in [0.5, 0.6) is 0 Å². The number of rotatable bonds is 2. The molecular formula is C8H17NO3S. The number of aliphatic hydroxyl groups is 1. The number of sulfonamides is 1. The molecule has 0 aromatic rings. The van der Waals surface area contributed by atoms with E-state index in [0.29, 0.717) is 13.0 Å². The summed E-state index contributed by atoms with van der Waals surface area (Å²) in [5, 5.41) is 8.93. The number of hydrogen-bond acceptors (Lipinski definition) is 3. The number of nitrogens with zero attached hydrogens (tertiary/aromatic N) is 1. The van der Waals surface area contributed by atoms with Gasteiger partial charge in [-0.2, -0.15) is 4.31 Å². The molecule has 78 valence electrons. The first kappa shape index (κ1) is 10.9. The zero-order valence-electron chi connectivity index (χ0n) is 8.10. The summed E-state index contributed by atoms with van der Waals surface area (Å²) in [4.78, 5) is 0. The van der Waals surface area contributed by atoms with Gasteiger partial charge in [-0.3, -0.25) is 0 Å². The Morgan fingerprint density at radius 1 is 1.46 bits per heavy atom. The molecule has 0 radical (unpaired) electrons. The minimum Gasteiger partial charge on any atom is -0.392 e. The second-order valence-electron chi connectivity index (χ2n) is 3.75. The van der Waals surface area contributed by atoms with E-state index >= 15 is 0 Å². The summed E-state index contributed by atoms with van der Waals surface area (Å²) in [5.41, 5.74) is 0. The van der Waals surface area contributed by atoms with Crippen LogP contribution in [-0.2, 0) is 10.0 Å². The van der Waals surface area contributed by atoms with Gasteiger partial charge in [0.15, 0.2) is 0 Å². The van der Waals surface area contributed by atoms with Crippen molar-refractivity contribution < 1.29 is 13.5 Å². The Balaban J connectivity index is 2.71. The highest BCUT2D eigenvalue weighted by Gasteiger charge is 2.29. The van der Waals surface area contributed by atoms with Gasteiger partial charge in [-0.25, -0.2) is 8.42 Å². The molecule has 0 aliphatic carbocycles. The second kappa shape index (κ2) is 3.94. The van der Waals surface area contributed by atoms with Crippen molar-refractivity contribution in [3.8, 4) is 0 Å². The number of aliphatic hydroxyl groups excluding tert-OH is 1. The fraction of sp³-hybridized carbons (Fsp3) is 1.00. The van der Waals surface area contributed by atoms with Crippen LogP contribution in [0.2, 0.25) is 0 Å². The lowest BCUT2D eigenvalue weighted by Crippen LogP contribution is -2.44. The van der Waals surface area contributed by atoms with Crippen LogP contribution in [0.3, 0.4) is 0 Å². The lowest BCUT2D eigenvalue weighted by Gasteiger charge is -2.30. The smallest absolute Gasteiger partial charge is 0.216 e. The number of β-amino-alcohol motifs (C(OH)–C–C–N with tert-alkyl or cyclic N) is 1. The summed E-state index contributed by atoms with van der Waals surface area (Å²) in [5.74, 6) is 0. The molecule has 5 heteroatoms. The molecule has 1 heterocycles. The molecule has 0 aromatic heterocycles. The molecule has 0 spiro atoms. The van der Waals surface area contributed by atoms with Gasteiger partial charge in [-0.1, -0.05) is 0 Å². The third-order valence-corrected chi connectivity index (χ3v) is 4.56. The average Bonchev–Trinajstić information content (AvgIpc) is 2.04. The van der Waals surface area contributed by atoms with Crippen LogP contribution >= 0.6 is 0 Å². The highest BCUT2D eigenvalue weighted by atomic mass is 32.2. The van der Waals surface area contributed by atoms with Gasteiger partial charge >= 0.3 is 0 Å². The van der Waals surface area contributed by atoms with E-state index < -0.39 is 21.4 Å². The monoisotopic (exact) mass is 207 g/mol. The van der Waals surface area contributed by atoms with Crippen molar-refractivity contribution in [1.29, 1.82) is 0 Å². The molecule has 1 N–H and O–H groups in total. The quantitative estimate of drug-likeness (QED) is 0.703. The fourth-order valence-electron chi connectivity index (χ4n) is 1.45. The first-order valence-electron chi connectivity index (χ1n) is 4.61. The van der Waals surface area contributed by atoms with Crippen molar-refractivity contribution in [2.24, 2.45) is 0 Å². The summed E-state index contributed by atoms with van der Waals surface area (Å²) in [6, 6.07) is 0. The summed E-state index contributed by atoms with van der Waals surface area (Å²) < 4.78 is 24.7. The van der Waals surface area contributed by atoms with Crippen molar-refractivity contribution in [3.05, 3.63) is 0 Å². The average molecular weight is 207 g/mol. The third-order valence-electron chi connectivity index (χ3n) is 2.31. The normalized spacial score (nSPS) is 26.6. The summed E-state index contributed by atoms with van der Waals surface area (Å²) in [6.45, 7) is 4.14. The Kier molecular flexibility index (Phi) is 3.32. The zero-order valence-corrected chi connectivity index (χ0v) is 8.92. The number of hydrogen-bond donors (Lipinski definition) is 1. The predicted octanol–water partition coefficient (Wildman–Crippen LogP) is 0.181. The van der Waals surface area contributed by atoms with Crippen LogP contribution in [-0.4, -0.2) is 42.3 Å². The Hall–Kier alpha value is -0.130. The van der Waals surface area contributed by atoms with Crippen molar-refractivity contribution in [2.75, 3.05) is 13.1 Å². The molecule has 13 heavy (non-hydrogen) atoms. The van der Waals surface area contributed by atoms with Crippen molar-refractivity contribution in [1.82, 2.24) is 4.31 Å². The molecular weight excluding hydrogens is 190 g/mol. The molecule has 1 aliphatic heterocycles. The molecule has 4 nitrogen and oxygen atoms in total. The van der Waals surface area contributed by atoms with Crippen molar-refractivity contribution in [3.63, 3.8) is 0 Å². The largest absolute Gasteiger partial charge is 0.392 e. The molecule has 1 aliphatic rings. The Bertz CT molecular complexity index is 261. The van der Waals surface area contributed by atoms with E-state index in [4.69, 9.17) is 0 Å². The van der Waals surface area contributed by atoms with Gasteiger partial charge in [0.1, 0.15) is 0 Å². The van der Waals surface area contributed by atoms with E-state index in [1.807, 2.05) is 0 Å². The molecule has 1 atom stereocenters. The Morgan fingerprint density at radius 3 is 2.54 bits per heavy atom. The van der Waals surface area contributed by atoms with Crippen LogP contribution in [0.4, 0.5) is 0 Å². The number of piperidine rings is 1.